The fraction of sp³-hybridized carbons (Fsp3) is 0.174. The summed E-state index contributed by atoms with van der Waals surface area (Å²) in [5, 5.41) is 2.70. The first-order chi connectivity index (χ1) is 15.2. The predicted molar refractivity (Wildman–Crippen MR) is 118 cm³/mol. The number of hydrogen-bond donors (Lipinski definition) is 1. The molecule has 0 aliphatic rings. The number of nitrogens with one attached hydrogen (secondary N) is 1. The van der Waals surface area contributed by atoms with Crippen LogP contribution in [0.5, 0.6) is 5.75 Å². The van der Waals surface area contributed by atoms with Crippen LogP contribution in [-0.4, -0.2) is 39.3 Å². The smallest absolute Gasteiger partial charge is 0.387 e. The molecular formula is C23H22F2N2O4S. The Kier molecular flexibility index (Phi) is 7.22. The van der Waals surface area contributed by atoms with Gasteiger partial charge in [-0.1, -0.05) is 30.3 Å². The molecule has 6 nitrogen and oxygen atoms in total. The van der Waals surface area contributed by atoms with Crippen molar-refractivity contribution in [1.29, 1.82) is 0 Å². The van der Waals surface area contributed by atoms with E-state index in [1.165, 1.54) is 50.5 Å². The van der Waals surface area contributed by atoms with Gasteiger partial charge < -0.3 is 10.1 Å². The number of carbonyl (C=O) groups is 1. The van der Waals surface area contributed by atoms with Gasteiger partial charge in [0.1, 0.15) is 5.75 Å². The van der Waals surface area contributed by atoms with Crippen molar-refractivity contribution in [1.82, 2.24) is 4.31 Å². The maximum atomic E-state index is 12.8. The zero-order valence-electron chi connectivity index (χ0n) is 17.5. The van der Waals surface area contributed by atoms with Gasteiger partial charge in [-0.3, -0.25) is 4.79 Å². The molecule has 1 amide bonds. The molecule has 0 atom stereocenters. The summed E-state index contributed by atoms with van der Waals surface area (Å²) in [4.78, 5) is 12.7. The molecule has 0 fully saturated rings. The quantitative estimate of drug-likeness (QED) is 0.541. The summed E-state index contributed by atoms with van der Waals surface area (Å²) in [5.74, 6) is -0.438. The molecule has 0 spiro atoms. The lowest BCUT2D eigenvalue weighted by molar-refractivity contribution is -0.0503. The second kappa shape index (κ2) is 9.88. The Morgan fingerprint density at radius 2 is 1.66 bits per heavy atom. The molecule has 0 radical (unpaired) electrons. The van der Waals surface area contributed by atoms with Crippen molar-refractivity contribution in [3.63, 3.8) is 0 Å². The summed E-state index contributed by atoms with van der Waals surface area (Å²) in [5.41, 5.74) is 2.03. The monoisotopic (exact) mass is 460 g/mol. The number of anilines is 1. The van der Waals surface area contributed by atoms with Gasteiger partial charge in [0.25, 0.3) is 5.91 Å². The Morgan fingerprint density at radius 1 is 1.00 bits per heavy atom. The normalized spacial score (nSPS) is 11.6. The minimum atomic E-state index is -3.60. The van der Waals surface area contributed by atoms with E-state index < -0.39 is 22.5 Å². The van der Waals surface area contributed by atoms with E-state index in [1.807, 2.05) is 30.3 Å². The van der Waals surface area contributed by atoms with Crippen molar-refractivity contribution >= 4 is 21.6 Å². The molecule has 0 unspecified atom stereocenters. The fourth-order valence-corrected chi connectivity index (χ4v) is 3.92. The first-order valence-corrected chi connectivity index (χ1v) is 11.1. The summed E-state index contributed by atoms with van der Waals surface area (Å²) in [6.45, 7) is -2.97. The average Bonchev–Trinajstić information content (AvgIpc) is 2.76. The zero-order chi connectivity index (χ0) is 23.3. The maximum Gasteiger partial charge on any atom is 0.387 e. The Labute approximate surface area is 185 Å². The fourth-order valence-electron chi connectivity index (χ4n) is 3.01. The lowest BCUT2D eigenvalue weighted by Crippen LogP contribution is -2.22. The number of ether oxygens (including phenoxy) is 1. The van der Waals surface area contributed by atoms with Crippen LogP contribution in [0.1, 0.15) is 21.5 Å². The van der Waals surface area contributed by atoms with Crippen LogP contribution < -0.4 is 10.1 Å². The van der Waals surface area contributed by atoms with Gasteiger partial charge in [-0.2, -0.15) is 8.78 Å². The molecule has 32 heavy (non-hydrogen) atoms. The molecule has 0 aromatic heterocycles. The molecule has 0 saturated carbocycles. The van der Waals surface area contributed by atoms with Crippen LogP contribution in [0.4, 0.5) is 14.5 Å². The average molecular weight is 461 g/mol. The number of carbonyl (C=O) groups excluding carboxylic acids is 1. The van der Waals surface area contributed by atoms with Gasteiger partial charge in [-0.25, -0.2) is 12.7 Å². The van der Waals surface area contributed by atoms with E-state index in [9.17, 15) is 22.0 Å². The van der Waals surface area contributed by atoms with Crippen LogP contribution in [-0.2, 0) is 16.4 Å². The number of rotatable bonds is 8. The van der Waals surface area contributed by atoms with Crippen LogP contribution >= 0.6 is 0 Å². The maximum absolute atomic E-state index is 12.8. The molecule has 0 saturated heterocycles. The first kappa shape index (κ1) is 23.4. The minimum absolute atomic E-state index is 0.0279. The van der Waals surface area contributed by atoms with Gasteiger partial charge in [-0.15, -0.1) is 0 Å². The largest absolute Gasteiger partial charge is 0.435 e. The van der Waals surface area contributed by atoms with Crippen molar-refractivity contribution in [2.45, 2.75) is 17.9 Å². The van der Waals surface area contributed by atoms with E-state index in [0.717, 1.165) is 9.87 Å². The number of nitrogens with zero attached hydrogens (tertiary/aromatic N) is 1. The first-order valence-electron chi connectivity index (χ1n) is 9.62. The lowest BCUT2D eigenvalue weighted by Gasteiger charge is -2.14. The predicted octanol–water partition coefficient (Wildman–Crippen LogP) is 4.38. The topological polar surface area (TPSA) is 75.7 Å². The van der Waals surface area contributed by atoms with Gasteiger partial charge in [0.15, 0.2) is 0 Å². The molecular weight excluding hydrogens is 438 g/mol. The number of amides is 1. The third-order valence-electron chi connectivity index (χ3n) is 4.67. The summed E-state index contributed by atoms with van der Waals surface area (Å²) < 4.78 is 55.6. The summed E-state index contributed by atoms with van der Waals surface area (Å²) >= 11 is 0. The van der Waals surface area contributed by atoms with Gasteiger partial charge in [0.05, 0.1) is 4.90 Å². The summed E-state index contributed by atoms with van der Waals surface area (Å²) in [7, 11) is -0.760. The Morgan fingerprint density at radius 3 is 2.25 bits per heavy atom. The van der Waals surface area contributed by atoms with Crippen molar-refractivity contribution in [3.8, 4) is 5.75 Å². The highest BCUT2D eigenvalue weighted by Gasteiger charge is 2.18. The molecule has 0 aliphatic heterocycles. The second-order valence-corrected chi connectivity index (χ2v) is 9.28. The molecule has 1 N–H and O–H groups in total. The van der Waals surface area contributed by atoms with Crippen molar-refractivity contribution in [2.75, 3.05) is 19.4 Å². The summed E-state index contributed by atoms with van der Waals surface area (Å²) in [6, 6.07) is 19.2. The van der Waals surface area contributed by atoms with Gasteiger partial charge in [0, 0.05) is 37.3 Å². The van der Waals surface area contributed by atoms with Crippen LogP contribution in [0.2, 0.25) is 0 Å². The zero-order valence-corrected chi connectivity index (χ0v) is 18.3. The molecule has 0 aliphatic carbocycles. The standard InChI is InChI=1S/C23H22F2N2O4S/c1-27(2)32(29,30)20-11-8-17(9-12-20)22(28)26-19-10-13-21(31-23(24)25)18(15-19)14-16-6-4-3-5-7-16/h3-13,15,23H,14H2,1-2H3,(H,26,28). The highest BCUT2D eigenvalue weighted by atomic mass is 32.2. The third-order valence-corrected chi connectivity index (χ3v) is 6.50. The molecule has 168 valence electrons. The lowest BCUT2D eigenvalue weighted by atomic mass is 10.0. The van der Waals surface area contributed by atoms with Crippen molar-refractivity contribution < 1.29 is 26.7 Å². The molecule has 3 rings (SSSR count). The Bertz CT molecular complexity index is 1180. The van der Waals surface area contributed by atoms with E-state index in [4.69, 9.17) is 0 Å². The van der Waals surface area contributed by atoms with E-state index >= 15 is 0 Å². The van der Waals surface area contributed by atoms with Crippen LogP contribution in [0.25, 0.3) is 0 Å². The molecule has 3 aromatic carbocycles. The number of hydrogen-bond acceptors (Lipinski definition) is 4. The Balaban J connectivity index is 1.82. The molecule has 3 aromatic rings. The highest BCUT2D eigenvalue weighted by molar-refractivity contribution is 7.89. The van der Waals surface area contributed by atoms with E-state index in [1.54, 1.807) is 6.07 Å². The number of benzene rings is 3. The minimum Gasteiger partial charge on any atom is -0.435 e. The van der Waals surface area contributed by atoms with Gasteiger partial charge in [0.2, 0.25) is 10.0 Å². The third kappa shape index (κ3) is 5.68. The molecule has 9 heteroatoms. The number of alkyl halides is 2. The van der Waals surface area contributed by atoms with Crippen molar-refractivity contribution in [2.24, 2.45) is 0 Å². The number of sulfonamides is 1. The molecule has 0 bridgehead atoms. The highest BCUT2D eigenvalue weighted by Crippen LogP contribution is 2.27. The van der Waals surface area contributed by atoms with E-state index in [-0.39, 0.29) is 16.2 Å². The van der Waals surface area contributed by atoms with Gasteiger partial charge in [-0.05, 0) is 48.0 Å². The SMILES string of the molecule is CN(C)S(=O)(=O)c1ccc(C(=O)Nc2ccc(OC(F)F)c(Cc3ccccc3)c2)cc1. The Hall–Kier alpha value is -3.30. The van der Waals surface area contributed by atoms with E-state index in [0.29, 0.717) is 17.7 Å². The summed E-state index contributed by atoms with van der Waals surface area (Å²) in [6.07, 6.45) is 0.337. The van der Waals surface area contributed by atoms with Crippen LogP contribution in [0, 0.1) is 0 Å². The second-order valence-electron chi connectivity index (χ2n) is 7.13. The van der Waals surface area contributed by atoms with E-state index in [2.05, 4.69) is 10.1 Å². The molecule has 0 heterocycles. The van der Waals surface area contributed by atoms with Crippen LogP contribution in [0.15, 0.2) is 77.7 Å². The van der Waals surface area contributed by atoms with Crippen LogP contribution in [0.3, 0.4) is 0 Å². The number of halogens is 2. The van der Waals surface area contributed by atoms with Gasteiger partial charge >= 0.3 is 6.61 Å². The van der Waals surface area contributed by atoms with Crippen molar-refractivity contribution in [3.05, 3.63) is 89.5 Å².